The average Bonchev–Trinajstić information content (AvgIpc) is 3.07. The van der Waals surface area contributed by atoms with Crippen LogP contribution in [0.5, 0.6) is 0 Å². The number of nitrogens with zero attached hydrogens (tertiary/aromatic N) is 2. The number of oxazole rings is 1. The van der Waals surface area contributed by atoms with Crippen molar-refractivity contribution in [3.05, 3.63) is 53.2 Å². The minimum absolute atomic E-state index is 0.0491. The van der Waals surface area contributed by atoms with Gasteiger partial charge in [-0.25, -0.2) is 18.4 Å². The molecule has 7 nitrogen and oxygen atoms in total. The van der Waals surface area contributed by atoms with Crippen molar-refractivity contribution < 1.29 is 12.8 Å². The minimum Gasteiger partial charge on any atom is -0.443 e. The average molecular weight is 407 g/mol. The predicted molar refractivity (Wildman–Crippen MR) is 112 cm³/mol. The molecule has 0 aliphatic carbocycles. The Hall–Kier alpha value is -2.35. The second-order valence-corrected chi connectivity index (χ2v) is 9.94. The number of benzene rings is 1. The molecule has 8 heteroatoms. The van der Waals surface area contributed by atoms with E-state index < -0.39 is 9.84 Å². The molecule has 0 radical (unpaired) electrons. The standard InChI is InChI=1S/C20H30N4O3S/c1-6-21-19(24-13-18-22-12-17(27-18)20(2,3)4)23-11-15-7-9-16(10-8-15)14-28(5,25)26/h7-10,12H,6,11,13-14H2,1-5H3,(H2,21,23,24). The van der Waals surface area contributed by atoms with Gasteiger partial charge < -0.3 is 15.1 Å². The SMILES string of the molecule is CCNC(=NCc1ccc(CS(C)(=O)=O)cc1)NCc1ncc(C(C)(C)C)o1. The van der Waals surface area contributed by atoms with Crippen LogP contribution in [-0.4, -0.2) is 32.2 Å². The highest BCUT2D eigenvalue weighted by molar-refractivity contribution is 7.89. The first kappa shape index (κ1) is 21.9. The normalized spacial score (nSPS) is 12.8. The molecule has 154 valence electrons. The van der Waals surface area contributed by atoms with E-state index in [0.29, 0.717) is 24.9 Å². The molecule has 0 saturated heterocycles. The van der Waals surface area contributed by atoms with Crippen LogP contribution in [0.3, 0.4) is 0 Å². The molecule has 0 amide bonds. The maximum atomic E-state index is 11.4. The van der Waals surface area contributed by atoms with Gasteiger partial charge in [-0.1, -0.05) is 45.0 Å². The highest BCUT2D eigenvalue weighted by atomic mass is 32.2. The Bertz CT molecular complexity index is 894. The molecule has 0 atom stereocenters. The summed E-state index contributed by atoms with van der Waals surface area (Å²) in [5, 5.41) is 6.41. The summed E-state index contributed by atoms with van der Waals surface area (Å²) in [6.07, 6.45) is 3.00. The topological polar surface area (TPSA) is 96.6 Å². The Kier molecular flexibility index (Phi) is 7.23. The number of hydrogen-bond donors (Lipinski definition) is 2. The minimum atomic E-state index is -3.03. The third kappa shape index (κ3) is 7.34. The zero-order chi connectivity index (χ0) is 20.8. The van der Waals surface area contributed by atoms with Crippen molar-refractivity contribution in [1.29, 1.82) is 0 Å². The summed E-state index contributed by atoms with van der Waals surface area (Å²) in [6.45, 7) is 9.90. The molecule has 0 unspecified atom stereocenters. The third-order valence-corrected chi connectivity index (χ3v) is 4.77. The van der Waals surface area contributed by atoms with Crippen LogP contribution in [0.2, 0.25) is 0 Å². The van der Waals surface area contributed by atoms with Crippen molar-refractivity contribution in [3.63, 3.8) is 0 Å². The van der Waals surface area contributed by atoms with E-state index in [1.54, 1.807) is 6.20 Å². The van der Waals surface area contributed by atoms with E-state index in [2.05, 4.69) is 41.4 Å². The molecule has 1 aromatic carbocycles. The number of hydrogen-bond acceptors (Lipinski definition) is 5. The fourth-order valence-corrected chi connectivity index (χ4v) is 3.25. The number of aromatic nitrogens is 1. The fourth-order valence-electron chi connectivity index (χ4n) is 2.45. The molecular formula is C20H30N4O3S. The van der Waals surface area contributed by atoms with Gasteiger partial charge in [-0.3, -0.25) is 0 Å². The van der Waals surface area contributed by atoms with Crippen LogP contribution in [0, 0.1) is 0 Å². The highest BCUT2D eigenvalue weighted by Crippen LogP contribution is 2.22. The third-order valence-electron chi connectivity index (χ3n) is 3.92. The first-order chi connectivity index (χ1) is 13.1. The maximum absolute atomic E-state index is 11.4. The molecule has 2 aromatic rings. The zero-order valence-electron chi connectivity index (χ0n) is 17.2. The van der Waals surface area contributed by atoms with E-state index in [4.69, 9.17) is 4.42 Å². The number of aliphatic imine (C=N–C) groups is 1. The van der Waals surface area contributed by atoms with Gasteiger partial charge in [0.2, 0.25) is 5.89 Å². The van der Waals surface area contributed by atoms with Gasteiger partial charge in [0.05, 0.1) is 25.0 Å². The van der Waals surface area contributed by atoms with Crippen LogP contribution < -0.4 is 10.6 Å². The lowest BCUT2D eigenvalue weighted by atomic mass is 9.94. The van der Waals surface area contributed by atoms with Crippen LogP contribution in [-0.2, 0) is 34.1 Å². The summed E-state index contributed by atoms with van der Waals surface area (Å²) in [5.41, 5.74) is 1.70. The largest absolute Gasteiger partial charge is 0.443 e. The van der Waals surface area contributed by atoms with Crippen molar-refractivity contribution in [1.82, 2.24) is 15.6 Å². The summed E-state index contributed by atoms with van der Waals surface area (Å²) in [5.74, 6) is 2.17. The van der Waals surface area contributed by atoms with E-state index in [9.17, 15) is 8.42 Å². The van der Waals surface area contributed by atoms with Gasteiger partial charge in [0.15, 0.2) is 15.8 Å². The first-order valence-corrected chi connectivity index (χ1v) is 11.4. The lowest BCUT2D eigenvalue weighted by Crippen LogP contribution is -2.36. The summed E-state index contributed by atoms with van der Waals surface area (Å²) >= 11 is 0. The van der Waals surface area contributed by atoms with E-state index in [0.717, 1.165) is 23.4 Å². The molecule has 1 heterocycles. The summed E-state index contributed by atoms with van der Waals surface area (Å²) < 4.78 is 28.5. The van der Waals surface area contributed by atoms with E-state index >= 15 is 0 Å². The molecule has 0 fully saturated rings. The van der Waals surface area contributed by atoms with Crippen molar-refractivity contribution >= 4 is 15.8 Å². The van der Waals surface area contributed by atoms with E-state index in [-0.39, 0.29) is 11.2 Å². The maximum Gasteiger partial charge on any atom is 0.213 e. The summed E-state index contributed by atoms with van der Waals surface area (Å²) in [4.78, 5) is 8.88. The van der Waals surface area contributed by atoms with Crippen LogP contribution in [0.4, 0.5) is 0 Å². The highest BCUT2D eigenvalue weighted by Gasteiger charge is 2.19. The second kappa shape index (κ2) is 9.23. The van der Waals surface area contributed by atoms with Gasteiger partial charge in [0.25, 0.3) is 0 Å². The zero-order valence-corrected chi connectivity index (χ0v) is 18.1. The predicted octanol–water partition coefficient (Wildman–Crippen LogP) is 2.77. The Labute approximate surface area is 167 Å². The molecular weight excluding hydrogens is 376 g/mol. The summed E-state index contributed by atoms with van der Waals surface area (Å²) in [6, 6.07) is 7.45. The summed E-state index contributed by atoms with van der Waals surface area (Å²) in [7, 11) is -3.03. The Morgan fingerprint density at radius 1 is 1.14 bits per heavy atom. The molecule has 1 aromatic heterocycles. The van der Waals surface area contributed by atoms with Crippen molar-refractivity contribution in [2.75, 3.05) is 12.8 Å². The van der Waals surface area contributed by atoms with E-state index in [1.165, 1.54) is 6.26 Å². The van der Waals surface area contributed by atoms with Crippen molar-refractivity contribution in [2.45, 2.75) is 52.0 Å². The first-order valence-electron chi connectivity index (χ1n) is 9.30. The molecule has 0 bridgehead atoms. The molecule has 0 spiro atoms. The number of guanidine groups is 1. The van der Waals surface area contributed by atoms with Gasteiger partial charge >= 0.3 is 0 Å². The quantitative estimate of drug-likeness (QED) is 0.542. The molecule has 0 aliphatic heterocycles. The van der Waals surface area contributed by atoms with Crippen LogP contribution >= 0.6 is 0 Å². The van der Waals surface area contributed by atoms with Crippen molar-refractivity contribution in [3.8, 4) is 0 Å². The van der Waals surface area contributed by atoms with Gasteiger partial charge in [-0.15, -0.1) is 0 Å². The monoisotopic (exact) mass is 406 g/mol. The molecule has 2 N–H and O–H groups in total. The van der Waals surface area contributed by atoms with Crippen LogP contribution in [0.15, 0.2) is 39.9 Å². The number of nitrogens with one attached hydrogen (secondary N) is 2. The second-order valence-electron chi connectivity index (χ2n) is 7.80. The fraction of sp³-hybridized carbons (Fsp3) is 0.500. The molecule has 2 rings (SSSR count). The smallest absolute Gasteiger partial charge is 0.213 e. The van der Waals surface area contributed by atoms with Gasteiger partial charge in [0.1, 0.15) is 5.76 Å². The van der Waals surface area contributed by atoms with Gasteiger partial charge in [-0.2, -0.15) is 0 Å². The number of sulfone groups is 1. The molecule has 0 saturated carbocycles. The van der Waals surface area contributed by atoms with Crippen LogP contribution in [0.1, 0.15) is 50.5 Å². The van der Waals surface area contributed by atoms with Gasteiger partial charge in [0, 0.05) is 18.2 Å². The van der Waals surface area contributed by atoms with E-state index in [1.807, 2.05) is 31.2 Å². The number of rotatable bonds is 7. The lowest BCUT2D eigenvalue weighted by Gasteiger charge is -2.13. The lowest BCUT2D eigenvalue weighted by molar-refractivity contribution is 0.379. The van der Waals surface area contributed by atoms with Gasteiger partial charge in [-0.05, 0) is 18.1 Å². The Morgan fingerprint density at radius 3 is 2.32 bits per heavy atom. The van der Waals surface area contributed by atoms with Crippen molar-refractivity contribution in [2.24, 2.45) is 4.99 Å². The van der Waals surface area contributed by atoms with Crippen LogP contribution in [0.25, 0.3) is 0 Å². The molecule has 0 aliphatic rings. The Morgan fingerprint density at radius 2 is 1.79 bits per heavy atom. The Balaban J connectivity index is 1.97. The molecule has 28 heavy (non-hydrogen) atoms.